The first kappa shape index (κ1) is 22.2. The highest BCUT2D eigenvalue weighted by molar-refractivity contribution is 7.92. The Bertz CT molecular complexity index is 1010. The second kappa shape index (κ2) is 9.39. The number of carbonyl (C=O) groups excluding carboxylic acids is 1. The molecule has 0 aromatic heterocycles. The largest absolute Gasteiger partial charge is 0.351 e. The van der Waals surface area contributed by atoms with E-state index in [1.165, 1.54) is 12.1 Å². The standard InChI is InChI=1S/C19H18ClN3O3S.ClH/c20-16-7-3-4-8-18(16)27(25,26)15-9-17(22-12-15)19(24)23-11-14-6-2-1-5-13(14)10-21;/h1-8,15,17,22H,9,11-12H2,(H,23,24);1H/t15-,17+;/m1./s1. The van der Waals surface area contributed by atoms with E-state index in [9.17, 15) is 13.2 Å². The number of hydrogen-bond acceptors (Lipinski definition) is 5. The van der Waals surface area contributed by atoms with Gasteiger partial charge in [-0.1, -0.05) is 41.9 Å². The van der Waals surface area contributed by atoms with E-state index < -0.39 is 21.1 Å². The van der Waals surface area contributed by atoms with Gasteiger partial charge in [0.25, 0.3) is 0 Å². The summed E-state index contributed by atoms with van der Waals surface area (Å²) in [6.07, 6.45) is 0.166. The van der Waals surface area contributed by atoms with Crippen molar-refractivity contribution in [2.24, 2.45) is 0 Å². The average Bonchev–Trinajstić information content (AvgIpc) is 3.17. The zero-order valence-corrected chi connectivity index (χ0v) is 17.2. The Hall–Kier alpha value is -2.11. The molecule has 6 nitrogen and oxygen atoms in total. The van der Waals surface area contributed by atoms with Crippen LogP contribution in [0.5, 0.6) is 0 Å². The monoisotopic (exact) mass is 439 g/mol. The SMILES string of the molecule is Cl.N#Cc1ccccc1CNC(=O)[C@@H]1C[C@@H](S(=O)(=O)c2ccccc2Cl)CN1. The molecule has 28 heavy (non-hydrogen) atoms. The molecule has 148 valence electrons. The molecule has 9 heteroatoms. The van der Waals surface area contributed by atoms with Gasteiger partial charge in [0.2, 0.25) is 5.91 Å². The van der Waals surface area contributed by atoms with Crippen molar-refractivity contribution in [3.8, 4) is 6.07 Å². The predicted octanol–water partition coefficient (Wildman–Crippen LogP) is 2.45. The van der Waals surface area contributed by atoms with Crippen molar-refractivity contribution in [2.75, 3.05) is 6.54 Å². The molecular formula is C19H19Cl2N3O3S. The summed E-state index contributed by atoms with van der Waals surface area (Å²) in [6.45, 7) is 0.392. The van der Waals surface area contributed by atoms with Crippen LogP contribution in [0.15, 0.2) is 53.4 Å². The second-order valence-electron chi connectivity index (χ2n) is 6.28. The average molecular weight is 440 g/mol. The lowest BCUT2D eigenvalue weighted by atomic mass is 10.1. The van der Waals surface area contributed by atoms with E-state index in [1.807, 2.05) is 0 Å². The third kappa shape index (κ3) is 4.65. The summed E-state index contributed by atoms with van der Waals surface area (Å²) in [5.74, 6) is -0.292. The molecular weight excluding hydrogens is 421 g/mol. The third-order valence-corrected chi connectivity index (χ3v) is 7.23. The summed E-state index contributed by atoms with van der Waals surface area (Å²) in [4.78, 5) is 12.5. The van der Waals surface area contributed by atoms with Crippen LogP contribution >= 0.6 is 24.0 Å². The van der Waals surface area contributed by atoms with Crippen LogP contribution in [0.1, 0.15) is 17.5 Å². The Balaban J connectivity index is 0.00000280. The van der Waals surface area contributed by atoms with Crippen molar-refractivity contribution >= 4 is 39.8 Å². The number of sulfone groups is 1. The fraction of sp³-hybridized carbons (Fsp3) is 0.263. The lowest BCUT2D eigenvalue weighted by Gasteiger charge is -2.13. The molecule has 1 saturated heterocycles. The minimum Gasteiger partial charge on any atom is -0.351 e. The first-order chi connectivity index (χ1) is 12.9. The molecule has 1 aliphatic rings. The summed E-state index contributed by atoms with van der Waals surface area (Å²) in [6, 6.07) is 14.8. The van der Waals surface area contributed by atoms with E-state index in [0.717, 1.165) is 0 Å². The molecule has 2 atom stereocenters. The third-order valence-electron chi connectivity index (χ3n) is 4.58. The molecule has 1 aliphatic heterocycles. The zero-order valence-electron chi connectivity index (χ0n) is 14.8. The molecule has 2 N–H and O–H groups in total. The zero-order chi connectivity index (χ0) is 19.4. The van der Waals surface area contributed by atoms with Crippen LogP contribution in [-0.2, 0) is 21.2 Å². The number of halogens is 2. The molecule has 1 fully saturated rings. The topological polar surface area (TPSA) is 99.1 Å². The lowest BCUT2D eigenvalue weighted by molar-refractivity contribution is -0.122. The quantitative estimate of drug-likeness (QED) is 0.744. The van der Waals surface area contributed by atoms with Crippen molar-refractivity contribution in [3.05, 3.63) is 64.7 Å². The van der Waals surface area contributed by atoms with Crippen LogP contribution in [0.3, 0.4) is 0 Å². The summed E-state index contributed by atoms with van der Waals surface area (Å²) < 4.78 is 25.6. The number of nitriles is 1. The van der Waals surface area contributed by atoms with Gasteiger partial charge in [-0.05, 0) is 30.2 Å². The number of carbonyl (C=O) groups is 1. The van der Waals surface area contributed by atoms with Crippen molar-refractivity contribution in [2.45, 2.75) is 29.2 Å². The van der Waals surface area contributed by atoms with E-state index in [2.05, 4.69) is 16.7 Å². The number of nitrogens with zero attached hydrogens (tertiary/aromatic N) is 1. The molecule has 3 rings (SSSR count). The van der Waals surface area contributed by atoms with Crippen LogP contribution in [0.25, 0.3) is 0 Å². The van der Waals surface area contributed by atoms with Crippen molar-refractivity contribution in [1.29, 1.82) is 5.26 Å². The Morgan fingerprint density at radius 3 is 2.61 bits per heavy atom. The van der Waals surface area contributed by atoms with Crippen molar-refractivity contribution in [1.82, 2.24) is 10.6 Å². The fourth-order valence-electron chi connectivity index (χ4n) is 3.08. The number of benzene rings is 2. The minimum atomic E-state index is -3.63. The molecule has 0 radical (unpaired) electrons. The Kier molecular flexibility index (Phi) is 7.44. The fourth-order valence-corrected chi connectivity index (χ4v) is 5.27. The molecule has 1 heterocycles. The summed E-state index contributed by atoms with van der Waals surface area (Å²) >= 11 is 6.03. The normalized spacial score (nSPS) is 18.7. The molecule has 0 saturated carbocycles. The maximum Gasteiger partial charge on any atom is 0.237 e. The molecule has 2 aromatic carbocycles. The Morgan fingerprint density at radius 2 is 1.89 bits per heavy atom. The van der Waals surface area contributed by atoms with Gasteiger partial charge in [-0.15, -0.1) is 12.4 Å². The maximum absolute atomic E-state index is 12.8. The van der Waals surface area contributed by atoms with Crippen LogP contribution in [0.2, 0.25) is 5.02 Å². The molecule has 0 unspecified atom stereocenters. The smallest absolute Gasteiger partial charge is 0.237 e. The van der Waals surface area contributed by atoms with E-state index in [4.69, 9.17) is 16.9 Å². The van der Waals surface area contributed by atoms with Crippen LogP contribution in [-0.4, -0.2) is 32.2 Å². The maximum atomic E-state index is 12.8. The highest BCUT2D eigenvalue weighted by atomic mass is 35.5. The minimum absolute atomic E-state index is 0. The van der Waals surface area contributed by atoms with E-state index in [0.29, 0.717) is 11.1 Å². The Labute approximate surface area is 175 Å². The van der Waals surface area contributed by atoms with Gasteiger partial charge in [0.05, 0.1) is 32.8 Å². The Morgan fingerprint density at radius 1 is 1.21 bits per heavy atom. The number of rotatable bonds is 5. The van der Waals surface area contributed by atoms with Crippen LogP contribution < -0.4 is 10.6 Å². The highest BCUT2D eigenvalue weighted by Gasteiger charge is 2.38. The summed E-state index contributed by atoms with van der Waals surface area (Å²) in [5, 5.41) is 14.3. The van der Waals surface area contributed by atoms with Gasteiger partial charge in [0, 0.05) is 13.1 Å². The van der Waals surface area contributed by atoms with E-state index >= 15 is 0 Å². The highest BCUT2D eigenvalue weighted by Crippen LogP contribution is 2.28. The summed E-state index contributed by atoms with van der Waals surface area (Å²) in [5.41, 5.74) is 1.21. The van der Waals surface area contributed by atoms with Gasteiger partial charge in [0.1, 0.15) is 0 Å². The van der Waals surface area contributed by atoms with Gasteiger partial charge in [-0.25, -0.2) is 8.42 Å². The molecule has 1 amide bonds. The first-order valence-electron chi connectivity index (χ1n) is 8.41. The molecule has 2 aromatic rings. The van der Waals surface area contributed by atoms with Gasteiger partial charge in [-0.2, -0.15) is 5.26 Å². The number of nitrogens with one attached hydrogen (secondary N) is 2. The predicted molar refractivity (Wildman–Crippen MR) is 109 cm³/mol. The molecule has 0 aliphatic carbocycles. The van der Waals surface area contributed by atoms with E-state index in [1.54, 1.807) is 36.4 Å². The first-order valence-corrected chi connectivity index (χ1v) is 10.3. The van der Waals surface area contributed by atoms with Crippen LogP contribution in [0, 0.1) is 11.3 Å². The molecule has 0 spiro atoms. The van der Waals surface area contributed by atoms with E-state index in [-0.39, 0.29) is 47.7 Å². The van der Waals surface area contributed by atoms with Gasteiger partial charge in [0.15, 0.2) is 9.84 Å². The van der Waals surface area contributed by atoms with Crippen LogP contribution in [0.4, 0.5) is 0 Å². The number of hydrogen-bond donors (Lipinski definition) is 2. The summed E-state index contributed by atoms with van der Waals surface area (Å²) in [7, 11) is -3.63. The lowest BCUT2D eigenvalue weighted by Crippen LogP contribution is -2.40. The van der Waals surface area contributed by atoms with Crippen molar-refractivity contribution < 1.29 is 13.2 Å². The van der Waals surface area contributed by atoms with Crippen molar-refractivity contribution in [3.63, 3.8) is 0 Å². The van der Waals surface area contributed by atoms with Gasteiger partial charge < -0.3 is 10.6 Å². The number of amides is 1. The second-order valence-corrected chi connectivity index (χ2v) is 8.88. The van der Waals surface area contributed by atoms with Gasteiger partial charge in [-0.3, -0.25) is 4.79 Å². The molecule has 0 bridgehead atoms. The van der Waals surface area contributed by atoms with Gasteiger partial charge >= 0.3 is 0 Å².